The third-order valence-electron chi connectivity index (χ3n) is 2.52. The zero-order valence-electron chi connectivity index (χ0n) is 10.3. The van der Waals surface area contributed by atoms with Crippen LogP contribution in [0, 0.1) is 0 Å². The van der Waals surface area contributed by atoms with Crippen molar-refractivity contribution >= 4 is 17.0 Å². The Bertz CT molecular complexity index is 563. The molecule has 0 aliphatic carbocycles. The Morgan fingerprint density at radius 2 is 2.28 bits per heavy atom. The molecule has 0 bridgehead atoms. The van der Waals surface area contributed by atoms with E-state index >= 15 is 0 Å². The van der Waals surface area contributed by atoms with Gasteiger partial charge in [0.2, 0.25) is 5.88 Å². The molecule has 0 saturated carbocycles. The molecule has 0 radical (unpaired) electrons. The first-order valence-corrected chi connectivity index (χ1v) is 5.57. The minimum atomic E-state index is -1.00. The Balaban J connectivity index is 2.20. The number of hydrogen-bond acceptors (Lipinski definition) is 4. The number of fused-ring (bicyclic) bond motifs is 1. The zero-order chi connectivity index (χ0) is 13.1. The summed E-state index contributed by atoms with van der Waals surface area (Å²) in [5.74, 6) is -0.564. The van der Waals surface area contributed by atoms with Gasteiger partial charge in [0.25, 0.3) is 0 Å². The predicted molar refractivity (Wildman–Crippen MR) is 67.1 cm³/mol. The third-order valence-corrected chi connectivity index (χ3v) is 2.52. The number of carboxylic acid groups (broad SMARTS) is 1. The zero-order valence-corrected chi connectivity index (χ0v) is 10.3. The van der Waals surface area contributed by atoms with E-state index in [0.717, 1.165) is 6.54 Å². The van der Waals surface area contributed by atoms with E-state index in [0.29, 0.717) is 23.5 Å². The van der Waals surface area contributed by atoms with Crippen LogP contribution in [0.2, 0.25) is 0 Å². The van der Waals surface area contributed by atoms with Gasteiger partial charge < -0.3 is 19.7 Å². The summed E-state index contributed by atoms with van der Waals surface area (Å²) < 4.78 is 5.47. The van der Waals surface area contributed by atoms with E-state index in [1.54, 1.807) is 12.1 Å². The van der Waals surface area contributed by atoms with Crippen molar-refractivity contribution in [3.05, 3.63) is 23.9 Å². The minimum Gasteiger partial charge on any atom is -0.478 e. The molecule has 0 saturated heterocycles. The molecule has 2 heterocycles. The number of nitrogens with one attached hydrogen (secondary N) is 1. The maximum atomic E-state index is 11.0. The highest BCUT2D eigenvalue weighted by Gasteiger charge is 2.12. The standard InChI is InChI=1S/C12H15N3O3/c1-15(2)5-6-18-10-4-3-9-11(14-10)8(7-13-9)12(16)17/h3-4,7,13H,5-6H2,1-2H3,(H,16,17). The molecule has 2 aromatic rings. The highest BCUT2D eigenvalue weighted by Crippen LogP contribution is 2.19. The van der Waals surface area contributed by atoms with Gasteiger partial charge in [-0.05, 0) is 20.2 Å². The molecule has 0 unspecified atom stereocenters. The van der Waals surface area contributed by atoms with Gasteiger partial charge in [-0.3, -0.25) is 0 Å². The number of H-pyrrole nitrogens is 1. The summed E-state index contributed by atoms with van der Waals surface area (Å²) in [7, 11) is 3.91. The van der Waals surface area contributed by atoms with Crippen LogP contribution in [0.5, 0.6) is 5.88 Å². The molecule has 0 aromatic carbocycles. The van der Waals surface area contributed by atoms with E-state index in [1.165, 1.54) is 6.20 Å². The number of aromatic amines is 1. The molecule has 6 heteroatoms. The molecule has 0 aliphatic heterocycles. The topological polar surface area (TPSA) is 78.5 Å². The number of carboxylic acids is 1. The quantitative estimate of drug-likeness (QED) is 0.832. The third kappa shape index (κ3) is 2.60. The second kappa shape index (κ2) is 5.05. The number of aromatic carboxylic acids is 1. The van der Waals surface area contributed by atoms with E-state index in [9.17, 15) is 4.79 Å². The number of aromatic nitrogens is 2. The Morgan fingerprint density at radius 3 is 2.94 bits per heavy atom. The maximum absolute atomic E-state index is 11.0. The van der Waals surface area contributed by atoms with Crippen molar-refractivity contribution < 1.29 is 14.6 Å². The van der Waals surface area contributed by atoms with E-state index in [2.05, 4.69) is 9.97 Å². The molecular weight excluding hydrogens is 234 g/mol. The molecule has 6 nitrogen and oxygen atoms in total. The SMILES string of the molecule is CN(C)CCOc1ccc2[nH]cc(C(=O)O)c2n1. The van der Waals surface area contributed by atoms with Gasteiger partial charge in [0, 0.05) is 18.8 Å². The van der Waals surface area contributed by atoms with Gasteiger partial charge >= 0.3 is 5.97 Å². The minimum absolute atomic E-state index is 0.156. The van der Waals surface area contributed by atoms with Crippen LogP contribution < -0.4 is 4.74 Å². The average molecular weight is 249 g/mol. The number of rotatable bonds is 5. The van der Waals surface area contributed by atoms with Crippen molar-refractivity contribution in [2.75, 3.05) is 27.2 Å². The highest BCUT2D eigenvalue weighted by molar-refractivity contribution is 6.01. The Hall–Kier alpha value is -2.08. The van der Waals surface area contributed by atoms with Crippen LogP contribution in [0.4, 0.5) is 0 Å². The van der Waals surface area contributed by atoms with Crippen LogP contribution in [0.15, 0.2) is 18.3 Å². The van der Waals surface area contributed by atoms with Crippen molar-refractivity contribution in [3.8, 4) is 5.88 Å². The molecule has 2 aromatic heterocycles. The van der Waals surface area contributed by atoms with Gasteiger partial charge in [0.05, 0.1) is 5.52 Å². The van der Waals surface area contributed by atoms with Gasteiger partial charge in [-0.15, -0.1) is 0 Å². The fourth-order valence-electron chi connectivity index (χ4n) is 1.56. The summed E-state index contributed by atoms with van der Waals surface area (Å²) in [6, 6.07) is 3.49. The molecule has 0 aliphatic rings. The second-order valence-corrected chi connectivity index (χ2v) is 4.20. The number of likely N-dealkylation sites (N-methyl/N-ethyl adjacent to an activating group) is 1. The molecule has 0 amide bonds. The Kier molecular flexibility index (Phi) is 3.47. The van der Waals surface area contributed by atoms with E-state index in [-0.39, 0.29) is 5.56 Å². The van der Waals surface area contributed by atoms with Gasteiger partial charge in [0.1, 0.15) is 17.7 Å². The molecule has 2 rings (SSSR count). The van der Waals surface area contributed by atoms with Gasteiger partial charge in [0.15, 0.2) is 0 Å². The highest BCUT2D eigenvalue weighted by atomic mass is 16.5. The lowest BCUT2D eigenvalue weighted by Gasteiger charge is -2.10. The molecule has 18 heavy (non-hydrogen) atoms. The van der Waals surface area contributed by atoms with E-state index in [1.807, 2.05) is 19.0 Å². The van der Waals surface area contributed by atoms with Crippen LogP contribution in [0.1, 0.15) is 10.4 Å². The van der Waals surface area contributed by atoms with Gasteiger partial charge in [-0.25, -0.2) is 9.78 Å². The van der Waals surface area contributed by atoms with Gasteiger partial charge in [-0.2, -0.15) is 0 Å². The van der Waals surface area contributed by atoms with Crippen LogP contribution in [0.25, 0.3) is 11.0 Å². The number of ether oxygens (including phenoxy) is 1. The summed E-state index contributed by atoms with van der Waals surface area (Å²) in [6.45, 7) is 1.29. The first-order valence-electron chi connectivity index (χ1n) is 5.57. The molecule has 0 spiro atoms. The summed E-state index contributed by atoms with van der Waals surface area (Å²) >= 11 is 0. The van der Waals surface area contributed by atoms with Crippen molar-refractivity contribution in [3.63, 3.8) is 0 Å². The lowest BCUT2D eigenvalue weighted by atomic mass is 10.3. The fraction of sp³-hybridized carbons (Fsp3) is 0.333. The molecular formula is C12H15N3O3. The number of nitrogens with zero attached hydrogens (tertiary/aromatic N) is 2. The molecule has 0 atom stereocenters. The molecule has 0 fully saturated rings. The normalized spacial score (nSPS) is 11.1. The van der Waals surface area contributed by atoms with E-state index in [4.69, 9.17) is 9.84 Å². The van der Waals surface area contributed by atoms with Crippen LogP contribution in [-0.2, 0) is 0 Å². The number of pyridine rings is 1. The molecule has 96 valence electrons. The second-order valence-electron chi connectivity index (χ2n) is 4.20. The summed E-state index contributed by atoms with van der Waals surface area (Å²) in [4.78, 5) is 20.0. The first-order chi connectivity index (χ1) is 8.58. The smallest absolute Gasteiger partial charge is 0.339 e. The average Bonchev–Trinajstić information content (AvgIpc) is 2.71. The summed E-state index contributed by atoms with van der Waals surface area (Å²) in [5, 5.41) is 9.00. The largest absolute Gasteiger partial charge is 0.478 e. The van der Waals surface area contributed by atoms with Gasteiger partial charge in [-0.1, -0.05) is 0 Å². The van der Waals surface area contributed by atoms with Crippen molar-refractivity contribution in [1.82, 2.24) is 14.9 Å². The van der Waals surface area contributed by atoms with Crippen LogP contribution >= 0.6 is 0 Å². The summed E-state index contributed by atoms with van der Waals surface area (Å²) in [5.41, 5.74) is 1.26. The lowest BCUT2D eigenvalue weighted by Crippen LogP contribution is -2.19. The lowest BCUT2D eigenvalue weighted by molar-refractivity contribution is 0.0699. The predicted octanol–water partition coefficient (Wildman–Crippen LogP) is 1.20. The van der Waals surface area contributed by atoms with Crippen LogP contribution in [-0.4, -0.2) is 53.2 Å². The van der Waals surface area contributed by atoms with Crippen molar-refractivity contribution in [1.29, 1.82) is 0 Å². The van der Waals surface area contributed by atoms with E-state index < -0.39 is 5.97 Å². The molecule has 2 N–H and O–H groups in total. The number of hydrogen-bond donors (Lipinski definition) is 2. The Morgan fingerprint density at radius 1 is 1.50 bits per heavy atom. The fourth-order valence-corrected chi connectivity index (χ4v) is 1.56. The summed E-state index contributed by atoms with van der Waals surface area (Å²) in [6.07, 6.45) is 1.43. The number of carbonyl (C=O) groups is 1. The van der Waals surface area contributed by atoms with Crippen LogP contribution in [0.3, 0.4) is 0 Å². The Labute approximate surface area is 104 Å². The van der Waals surface area contributed by atoms with Crippen molar-refractivity contribution in [2.24, 2.45) is 0 Å². The monoisotopic (exact) mass is 249 g/mol. The van der Waals surface area contributed by atoms with Crippen molar-refractivity contribution in [2.45, 2.75) is 0 Å². The first kappa shape index (κ1) is 12.4. The maximum Gasteiger partial charge on any atom is 0.339 e.